The molecule has 5 amide bonds. The van der Waals surface area contributed by atoms with E-state index in [1.807, 2.05) is 48.5 Å². The topological polar surface area (TPSA) is 229 Å². The number of likely N-dealkylation sites (tertiary alicyclic amines) is 1. The second-order valence-electron chi connectivity index (χ2n) is 23.8. The van der Waals surface area contributed by atoms with E-state index in [1.165, 1.54) is 28.7 Å². The van der Waals surface area contributed by atoms with Crippen molar-refractivity contribution in [2.24, 2.45) is 11.8 Å². The van der Waals surface area contributed by atoms with Crippen molar-refractivity contribution in [3.8, 4) is 11.1 Å². The molecule has 2 saturated heterocycles. The molecule has 20 heteroatoms. The molecule has 6 rings (SSSR count). The molecule has 74 heavy (non-hydrogen) atoms. The molecule has 5 N–H and O–H groups in total. The number of hydrogen-bond donors (Lipinski definition) is 5. The molecular weight excluding hydrogens is 979 g/mol. The monoisotopic (exact) mass is 1060 g/mol. The van der Waals surface area contributed by atoms with Crippen LogP contribution in [0, 0.1) is 11.8 Å². The lowest BCUT2D eigenvalue weighted by atomic mass is 9.98. The van der Waals surface area contributed by atoms with Gasteiger partial charge >= 0.3 is 11.8 Å². The van der Waals surface area contributed by atoms with Gasteiger partial charge in [0.25, 0.3) is 0 Å². The maximum Gasteiger partial charge on any atom is 0.407 e. The summed E-state index contributed by atoms with van der Waals surface area (Å²) in [6.07, 6.45) is -2.39. The van der Waals surface area contributed by atoms with Crippen LogP contribution in [-0.2, 0) is 37.5 Å². The number of hydrogen-bond acceptors (Lipinski definition) is 12. The minimum Gasteiger partial charge on any atom is -0.449 e. The van der Waals surface area contributed by atoms with Gasteiger partial charge in [0.05, 0.1) is 6.61 Å². The molecule has 0 radical (unpaired) electrons. The minimum absolute atomic E-state index is 0.0546. The number of aromatic nitrogens is 2. The molecule has 3 aromatic rings. The molecule has 2 aliphatic heterocycles. The highest BCUT2D eigenvalue weighted by Gasteiger charge is 2.52. The van der Waals surface area contributed by atoms with Gasteiger partial charge < -0.3 is 49.6 Å². The van der Waals surface area contributed by atoms with Gasteiger partial charge in [0, 0.05) is 18.7 Å². The Bertz CT molecular complexity index is 2550. The highest BCUT2D eigenvalue weighted by atomic mass is 28.4. The van der Waals surface area contributed by atoms with Gasteiger partial charge in [-0.15, -0.1) is 0 Å². The van der Waals surface area contributed by atoms with Crippen molar-refractivity contribution in [1.29, 1.82) is 0 Å². The zero-order valence-electron chi connectivity index (χ0n) is 46.0. The zero-order chi connectivity index (χ0) is 54.8. The molecule has 2 aromatic carbocycles. The highest BCUT2D eigenvalue weighted by molar-refractivity contribution is 6.74. The number of carbonyl (C=O) groups is 5. The van der Waals surface area contributed by atoms with Crippen LogP contribution in [0.5, 0.6) is 0 Å². The maximum atomic E-state index is 14.2. The number of nitrogens with zero attached hydrogens (tertiary/aromatic N) is 3. The van der Waals surface area contributed by atoms with Crippen LogP contribution in [0.4, 0.5) is 10.6 Å². The van der Waals surface area contributed by atoms with Crippen LogP contribution >= 0.6 is 0 Å². The fourth-order valence-corrected chi connectivity index (χ4v) is 11.4. The fourth-order valence-electron chi connectivity index (χ4n) is 9.08. The fraction of sp³-hybridized carbons (Fsp3) is 0.611. The summed E-state index contributed by atoms with van der Waals surface area (Å²) in [5, 5.41) is 22.4. The number of anilines is 1. The lowest BCUT2D eigenvalue weighted by Crippen LogP contribution is -2.59. The van der Waals surface area contributed by atoms with Crippen molar-refractivity contribution >= 4 is 52.2 Å². The molecule has 3 heterocycles. The van der Waals surface area contributed by atoms with Crippen molar-refractivity contribution in [1.82, 2.24) is 30.4 Å². The Hall–Kier alpha value is -5.26. The number of aliphatic hydroxyl groups is 1. The number of nitrogens with one attached hydrogen (secondary N) is 4. The van der Waals surface area contributed by atoms with Crippen LogP contribution in [0.3, 0.4) is 0 Å². The third kappa shape index (κ3) is 12.9. The second kappa shape index (κ2) is 22.9. The molecule has 406 valence electrons. The number of ether oxygens (including phenoxy) is 2. The molecule has 18 nitrogen and oxygen atoms in total. The first-order valence-corrected chi connectivity index (χ1v) is 31.8. The lowest BCUT2D eigenvalue weighted by molar-refractivity contribution is -0.141. The second-order valence-corrected chi connectivity index (χ2v) is 33.4. The molecule has 1 aromatic heterocycles. The predicted octanol–water partition coefficient (Wildman–Crippen LogP) is 7.05. The highest BCUT2D eigenvalue weighted by Crippen LogP contribution is 2.45. The molecule has 3 aliphatic rings. The van der Waals surface area contributed by atoms with Crippen LogP contribution in [0.15, 0.2) is 65.6 Å². The minimum atomic E-state index is -2.44. The SMILES string of the molecule is CC(C)[C@H](NC(=O)OCC1c2ccccc2-c2ccccc21)C(=O)N[C@@H](C)C(=O)N[C@H](C(=O)N1CCC[C@H]1C(=O)Nc1ccn([C@@H]2O[C@H](CO[Si](C)(C)C(C)(C)C)[C@@H](O[Si](C)(C)C(C)(C)C)[C@@H]2O)c(=O)n1)C(C)C. The third-order valence-corrected chi connectivity index (χ3v) is 24.7. The van der Waals surface area contributed by atoms with Gasteiger partial charge in [-0.25, -0.2) is 9.59 Å². The molecule has 8 atom stereocenters. The summed E-state index contributed by atoms with van der Waals surface area (Å²) in [6.45, 7) is 30.2. The van der Waals surface area contributed by atoms with E-state index < -0.39 is 107 Å². The Kier molecular flexibility index (Phi) is 18.0. The number of amides is 5. The summed E-state index contributed by atoms with van der Waals surface area (Å²) in [6, 6.07) is 13.2. The predicted molar refractivity (Wildman–Crippen MR) is 288 cm³/mol. The standard InChI is InChI=1S/C54H81N7O11Si2/c1-31(2)42(59-52(68)69-29-38-36-23-18-16-21-34(36)35-22-17-19-24-37(35)38)48(65)55-33(5)46(63)58-43(32(3)4)49(66)60-27-20-25-39(60)47(64)56-41-26-28-61(51(67)57-41)50-44(62)45(72-74(14,15)54(9,10)11)40(71-50)30-70-73(12,13)53(6,7)8/h16-19,21-24,26,28,31-33,38-40,42-45,50,62H,20,25,27,29-30H2,1-15H3,(H,55,65)(H,58,63)(H,59,68)(H,56,57,64,67)/t33-,39-,40+,42-,43-,44-,45+,50+/m0/s1. The number of alkyl carbamates (subject to hydrolysis) is 1. The molecule has 1 aliphatic carbocycles. The molecule has 0 unspecified atom stereocenters. The molecule has 2 fully saturated rings. The van der Waals surface area contributed by atoms with E-state index in [0.717, 1.165) is 22.3 Å². The molecule has 0 spiro atoms. The van der Waals surface area contributed by atoms with Crippen molar-refractivity contribution in [3.05, 3.63) is 82.4 Å². The Morgan fingerprint density at radius 2 is 1.36 bits per heavy atom. The summed E-state index contributed by atoms with van der Waals surface area (Å²) in [4.78, 5) is 87.9. The van der Waals surface area contributed by atoms with Crippen LogP contribution in [-0.4, -0.2) is 128 Å². The van der Waals surface area contributed by atoms with Crippen LogP contribution in [0.2, 0.25) is 36.3 Å². The van der Waals surface area contributed by atoms with Gasteiger partial charge in [0.1, 0.15) is 54.9 Å². The molecular formula is C54H81N7O11Si2. The summed E-state index contributed by atoms with van der Waals surface area (Å²) < 4.78 is 26.6. The Labute approximate surface area is 438 Å². The summed E-state index contributed by atoms with van der Waals surface area (Å²) in [7, 11) is -4.67. The average Bonchev–Trinajstić information content (AvgIpc) is 4.02. The van der Waals surface area contributed by atoms with E-state index in [9.17, 15) is 33.9 Å². The van der Waals surface area contributed by atoms with Gasteiger partial charge in [-0.2, -0.15) is 4.98 Å². The number of fused-ring (bicyclic) bond motifs is 3. The lowest BCUT2D eigenvalue weighted by Gasteiger charge is -2.41. The van der Waals surface area contributed by atoms with Gasteiger partial charge in [0.2, 0.25) is 23.6 Å². The first-order valence-electron chi connectivity index (χ1n) is 26.0. The summed E-state index contributed by atoms with van der Waals surface area (Å²) in [5.41, 5.74) is 3.50. The van der Waals surface area contributed by atoms with E-state index in [1.54, 1.807) is 27.7 Å². The maximum absolute atomic E-state index is 14.2. The van der Waals surface area contributed by atoms with Crippen LogP contribution < -0.4 is 27.0 Å². The quantitative estimate of drug-likeness (QED) is 0.0808. The van der Waals surface area contributed by atoms with Crippen molar-refractivity contribution < 1.29 is 47.4 Å². The number of rotatable bonds is 18. The first-order chi connectivity index (χ1) is 34.4. The van der Waals surface area contributed by atoms with Crippen molar-refractivity contribution in [2.45, 2.75) is 180 Å². The largest absolute Gasteiger partial charge is 0.449 e. The average molecular weight is 1060 g/mol. The summed E-state index contributed by atoms with van der Waals surface area (Å²) >= 11 is 0. The zero-order valence-corrected chi connectivity index (χ0v) is 48.0. The Morgan fingerprint density at radius 3 is 1.92 bits per heavy atom. The van der Waals surface area contributed by atoms with E-state index in [-0.39, 0.29) is 47.5 Å². The van der Waals surface area contributed by atoms with E-state index in [4.69, 9.17) is 18.3 Å². The third-order valence-electron chi connectivity index (χ3n) is 15.7. The van der Waals surface area contributed by atoms with E-state index in [0.29, 0.717) is 12.8 Å². The molecule has 0 bridgehead atoms. The Morgan fingerprint density at radius 1 is 0.784 bits per heavy atom. The van der Waals surface area contributed by atoms with Gasteiger partial charge in [-0.05, 0) is 96.2 Å². The van der Waals surface area contributed by atoms with Crippen LogP contribution in [0.1, 0.15) is 112 Å². The van der Waals surface area contributed by atoms with Gasteiger partial charge in [-0.1, -0.05) is 118 Å². The molecule has 0 saturated carbocycles. The van der Waals surface area contributed by atoms with Gasteiger partial charge in [0.15, 0.2) is 22.9 Å². The number of carbonyl (C=O) groups excluding carboxylic acids is 5. The number of benzene rings is 2. The first kappa shape index (κ1) is 58.0. The Balaban J connectivity index is 1.06. The van der Waals surface area contributed by atoms with E-state index in [2.05, 4.69) is 94.0 Å². The van der Waals surface area contributed by atoms with E-state index >= 15 is 0 Å². The smallest absolute Gasteiger partial charge is 0.407 e. The van der Waals surface area contributed by atoms with Crippen molar-refractivity contribution in [2.75, 3.05) is 25.1 Å². The van der Waals surface area contributed by atoms with Gasteiger partial charge in [-0.3, -0.25) is 23.7 Å². The summed E-state index contributed by atoms with van der Waals surface area (Å²) in [5.74, 6) is -3.31. The normalized spacial score (nSPS) is 21.4. The van der Waals surface area contributed by atoms with Crippen LogP contribution in [0.25, 0.3) is 11.1 Å². The number of aliphatic hydroxyl groups excluding tert-OH is 1. The van der Waals surface area contributed by atoms with Crippen molar-refractivity contribution in [3.63, 3.8) is 0 Å².